The van der Waals surface area contributed by atoms with Crippen molar-refractivity contribution in [3.63, 3.8) is 0 Å². The van der Waals surface area contributed by atoms with Gasteiger partial charge in [-0.05, 0) is 41.5 Å². The lowest BCUT2D eigenvalue weighted by molar-refractivity contribution is -0.138. The van der Waals surface area contributed by atoms with Crippen LogP contribution in [0.4, 0.5) is 0 Å². The Bertz CT molecular complexity index is 886. The monoisotopic (exact) mass is 369 g/mol. The summed E-state index contributed by atoms with van der Waals surface area (Å²) in [6.07, 6.45) is 3.72. The number of esters is 1. The SMILES string of the molecule is N#Cc1cccc(COC(=O)/C=C/c2cc(Cl)c3c(c2)OCCCO3)c1. The van der Waals surface area contributed by atoms with Gasteiger partial charge in [0.05, 0.1) is 29.9 Å². The molecular formula is C20H16ClNO4. The molecule has 0 aliphatic carbocycles. The fourth-order valence-electron chi connectivity index (χ4n) is 2.44. The molecule has 2 aromatic rings. The number of fused-ring (bicyclic) bond motifs is 1. The molecule has 5 nitrogen and oxygen atoms in total. The van der Waals surface area contributed by atoms with Crippen molar-refractivity contribution < 1.29 is 19.0 Å². The van der Waals surface area contributed by atoms with Gasteiger partial charge in [0.1, 0.15) is 6.61 Å². The second-order valence-electron chi connectivity index (χ2n) is 5.63. The second-order valence-corrected chi connectivity index (χ2v) is 6.04. The van der Waals surface area contributed by atoms with Gasteiger partial charge < -0.3 is 14.2 Å². The molecule has 0 unspecified atom stereocenters. The molecule has 2 aromatic carbocycles. The summed E-state index contributed by atoms with van der Waals surface area (Å²) in [4.78, 5) is 11.9. The summed E-state index contributed by atoms with van der Waals surface area (Å²) in [6, 6.07) is 12.4. The van der Waals surface area contributed by atoms with Gasteiger partial charge in [-0.2, -0.15) is 5.26 Å². The highest BCUT2D eigenvalue weighted by atomic mass is 35.5. The van der Waals surface area contributed by atoms with Gasteiger partial charge in [-0.15, -0.1) is 0 Å². The molecule has 1 aliphatic rings. The number of nitrogens with zero attached hydrogens (tertiary/aromatic N) is 1. The van der Waals surface area contributed by atoms with Gasteiger partial charge in [0.25, 0.3) is 0 Å². The number of nitriles is 1. The first kappa shape index (κ1) is 17.8. The molecule has 0 saturated carbocycles. The van der Waals surface area contributed by atoms with Crippen LogP contribution >= 0.6 is 11.6 Å². The van der Waals surface area contributed by atoms with Crippen molar-refractivity contribution in [2.75, 3.05) is 13.2 Å². The number of hydrogen-bond acceptors (Lipinski definition) is 5. The van der Waals surface area contributed by atoms with E-state index in [1.807, 2.05) is 6.07 Å². The molecule has 0 amide bonds. The highest BCUT2D eigenvalue weighted by Crippen LogP contribution is 2.38. The van der Waals surface area contributed by atoms with Crippen molar-refractivity contribution in [2.24, 2.45) is 0 Å². The summed E-state index contributed by atoms with van der Waals surface area (Å²) >= 11 is 6.22. The number of carbonyl (C=O) groups is 1. The van der Waals surface area contributed by atoms with Crippen molar-refractivity contribution in [1.29, 1.82) is 5.26 Å². The Morgan fingerprint density at radius 1 is 1.27 bits per heavy atom. The zero-order valence-corrected chi connectivity index (χ0v) is 14.7. The van der Waals surface area contributed by atoms with Crippen LogP contribution in [0.1, 0.15) is 23.1 Å². The maximum atomic E-state index is 11.9. The van der Waals surface area contributed by atoms with E-state index in [1.54, 1.807) is 42.5 Å². The van der Waals surface area contributed by atoms with Crippen LogP contribution in [-0.4, -0.2) is 19.2 Å². The average Bonchev–Trinajstić information content (AvgIpc) is 2.91. The predicted octanol–water partition coefficient (Wildman–Crippen LogP) is 4.13. The van der Waals surface area contributed by atoms with Crippen LogP contribution < -0.4 is 9.47 Å². The number of ether oxygens (including phenoxy) is 3. The first-order valence-electron chi connectivity index (χ1n) is 8.09. The van der Waals surface area contributed by atoms with E-state index in [4.69, 9.17) is 31.1 Å². The quantitative estimate of drug-likeness (QED) is 0.598. The third-order valence-electron chi connectivity index (χ3n) is 3.67. The molecule has 1 aliphatic heterocycles. The Labute approximate surface area is 156 Å². The van der Waals surface area contributed by atoms with Gasteiger partial charge in [-0.3, -0.25) is 0 Å². The molecule has 1 heterocycles. The van der Waals surface area contributed by atoms with Crippen LogP contribution in [0.5, 0.6) is 11.5 Å². The number of benzene rings is 2. The van der Waals surface area contributed by atoms with Crippen LogP contribution in [0.15, 0.2) is 42.5 Å². The smallest absolute Gasteiger partial charge is 0.331 e. The molecule has 26 heavy (non-hydrogen) atoms. The summed E-state index contributed by atoms with van der Waals surface area (Å²) < 4.78 is 16.4. The minimum Gasteiger partial charge on any atom is -0.489 e. The molecule has 0 saturated heterocycles. The molecule has 0 radical (unpaired) electrons. The summed E-state index contributed by atoms with van der Waals surface area (Å²) in [6.45, 7) is 1.21. The third kappa shape index (κ3) is 4.56. The first-order chi connectivity index (χ1) is 12.7. The van der Waals surface area contributed by atoms with Gasteiger partial charge in [0, 0.05) is 12.5 Å². The van der Waals surface area contributed by atoms with E-state index in [1.165, 1.54) is 6.08 Å². The lowest BCUT2D eigenvalue weighted by Crippen LogP contribution is -2.01. The number of halogens is 1. The van der Waals surface area contributed by atoms with Crippen LogP contribution in [0.25, 0.3) is 6.08 Å². The molecule has 6 heteroatoms. The van der Waals surface area contributed by atoms with Crippen LogP contribution in [0, 0.1) is 11.3 Å². The van der Waals surface area contributed by atoms with Crippen molar-refractivity contribution in [2.45, 2.75) is 13.0 Å². The third-order valence-corrected chi connectivity index (χ3v) is 3.95. The molecule has 132 valence electrons. The van der Waals surface area contributed by atoms with E-state index in [0.29, 0.717) is 40.9 Å². The largest absolute Gasteiger partial charge is 0.489 e. The van der Waals surface area contributed by atoms with Crippen molar-refractivity contribution >= 4 is 23.6 Å². The highest BCUT2D eigenvalue weighted by molar-refractivity contribution is 6.32. The first-order valence-corrected chi connectivity index (χ1v) is 8.46. The van der Waals surface area contributed by atoms with E-state index >= 15 is 0 Å². The van der Waals surface area contributed by atoms with Crippen molar-refractivity contribution in [3.05, 3.63) is 64.2 Å². The lowest BCUT2D eigenvalue weighted by atomic mass is 10.1. The van der Waals surface area contributed by atoms with Gasteiger partial charge in [-0.1, -0.05) is 23.7 Å². The molecule has 0 aromatic heterocycles. The van der Waals surface area contributed by atoms with E-state index in [-0.39, 0.29) is 6.61 Å². The van der Waals surface area contributed by atoms with Crippen LogP contribution in [0.2, 0.25) is 5.02 Å². The zero-order chi connectivity index (χ0) is 18.4. The Morgan fingerprint density at radius 2 is 2.12 bits per heavy atom. The maximum Gasteiger partial charge on any atom is 0.331 e. The summed E-state index contributed by atoms with van der Waals surface area (Å²) in [5.74, 6) is 0.605. The maximum absolute atomic E-state index is 11.9. The molecule has 0 N–H and O–H groups in total. The van der Waals surface area contributed by atoms with Crippen LogP contribution in [0.3, 0.4) is 0 Å². The summed E-state index contributed by atoms with van der Waals surface area (Å²) in [7, 11) is 0. The highest BCUT2D eigenvalue weighted by Gasteiger charge is 2.15. The lowest BCUT2D eigenvalue weighted by Gasteiger charge is -2.10. The van der Waals surface area contributed by atoms with E-state index in [9.17, 15) is 4.79 Å². The Hall–Kier alpha value is -2.97. The van der Waals surface area contributed by atoms with Gasteiger partial charge in [0.2, 0.25) is 0 Å². The molecule has 3 rings (SSSR count). The average molecular weight is 370 g/mol. The Morgan fingerprint density at radius 3 is 2.96 bits per heavy atom. The summed E-state index contributed by atoms with van der Waals surface area (Å²) in [5.41, 5.74) is 1.99. The van der Waals surface area contributed by atoms with Gasteiger partial charge >= 0.3 is 5.97 Å². The number of carbonyl (C=O) groups excluding carboxylic acids is 1. The van der Waals surface area contributed by atoms with Gasteiger partial charge in [0.15, 0.2) is 11.5 Å². The fourth-order valence-corrected chi connectivity index (χ4v) is 2.72. The number of hydrogen-bond donors (Lipinski definition) is 0. The normalized spacial score (nSPS) is 13.1. The molecule has 0 atom stereocenters. The molecule has 0 spiro atoms. The minimum atomic E-state index is -0.490. The zero-order valence-electron chi connectivity index (χ0n) is 13.9. The Kier molecular flexibility index (Phi) is 5.77. The predicted molar refractivity (Wildman–Crippen MR) is 97.0 cm³/mol. The Balaban J connectivity index is 1.64. The van der Waals surface area contributed by atoms with Crippen LogP contribution in [-0.2, 0) is 16.1 Å². The standard InChI is InChI=1S/C20H16ClNO4/c21-17-10-14(11-18-20(17)25-8-2-7-24-18)5-6-19(23)26-13-16-4-1-3-15(9-16)12-22/h1,3-6,9-11H,2,7-8,13H2/b6-5+. The number of rotatable bonds is 4. The molecular weight excluding hydrogens is 354 g/mol. The summed E-state index contributed by atoms with van der Waals surface area (Å²) in [5, 5.41) is 9.31. The van der Waals surface area contributed by atoms with Gasteiger partial charge in [-0.25, -0.2) is 4.79 Å². The molecule has 0 fully saturated rings. The van der Waals surface area contributed by atoms with E-state index in [0.717, 1.165) is 12.0 Å². The van der Waals surface area contributed by atoms with E-state index < -0.39 is 5.97 Å². The van der Waals surface area contributed by atoms with E-state index in [2.05, 4.69) is 0 Å². The molecule has 0 bridgehead atoms. The topological polar surface area (TPSA) is 68.5 Å². The second kappa shape index (κ2) is 8.41. The fraction of sp³-hybridized carbons (Fsp3) is 0.200. The van der Waals surface area contributed by atoms with Crippen molar-refractivity contribution in [3.8, 4) is 17.6 Å². The minimum absolute atomic E-state index is 0.0978. The van der Waals surface area contributed by atoms with Crippen molar-refractivity contribution in [1.82, 2.24) is 0 Å².